The average molecular weight is 357 g/mol. The Morgan fingerprint density at radius 1 is 1.28 bits per heavy atom. The molecule has 7 nitrogen and oxygen atoms in total. The van der Waals surface area contributed by atoms with Gasteiger partial charge in [0.1, 0.15) is 16.6 Å². The van der Waals surface area contributed by atoms with Crippen LogP contribution in [0.5, 0.6) is 0 Å². The first-order valence-corrected chi connectivity index (χ1v) is 7.98. The number of esters is 2. The zero-order chi connectivity index (χ0) is 18.4. The molecule has 2 aromatic rings. The molecule has 8 heteroatoms. The van der Waals surface area contributed by atoms with Gasteiger partial charge in [-0.2, -0.15) is 5.26 Å². The van der Waals surface area contributed by atoms with Crippen LogP contribution in [-0.2, 0) is 9.47 Å². The van der Waals surface area contributed by atoms with Gasteiger partial charge in [-0.1, -0.05) is 0 Å². The molecule has 0 aliphatic carbocycles. The molecular formula is C17H15N3O4S. The van der Waals surface area contributed by atoms with Gasteiger partial charge in [-0.3, -0.25) is 0 Å². The first kappa shape index (κ1) is 18.2. The summed E-state index contributed by atoms with van der Waals surface area (Å²) in [6, 6.07) is 6.42. The van der Waals surface area contributed by atoms with E-state index in [9.17, 15) is 14.9 Å². The lowest BCUT2D eigenvalue weighted by Gasteiger charge is -2.10. The fourth-order valence-electron chi connectivity index (χ4n) is 1.97. The Kier molecular flexibility index (Phi) is 5.87. The summed E-state index contributed by atoms with van der Waals surface area (Å²) in [6.45, 7) is 1.83. The number of rotatable bonds is 5. The molecule has 0 aliphatic heterocycles. The van der Waals surface area contributed by atoms with Crippen molar-refractivity contribution < 1.29 is 19.1 Å². The topological polar surface area (TPSA) is 101 Å². The molecule has 2 rings (SSSR count). The maximum atomic E-state index is 11.9. The average Bonchev–Trinajstić information content (AvgIpc) is 3.06. The molecule has 0 saturated carbocycles. The van der Waals surface area contributed by atoms with Gasteiger partial charge in [0.15, 0.2) is 0 Å². The van der Waals surface area contributed by atoms with Crippen LogP contribution in [0.4, 0.5) is 5.69 Å². The zero-order valence-electron chi connectivity index (χ0n) is 13.8. The van der Waals surface area contributed by atoms with E-state index in [1.54, 1.807) is 0 Å². The van der Waals surface area contributed by atoms with Gasteiger partial charge < -0.3 is 14.8 Å². The maximum absolute atomic E-state index is 11.9. The van der Waals surface area contributed by atoms with Crippen molar-refractivity contribution in [2.45, 2.75) is 6.92 Å². The lowest BCUT2D eigenvalue weighted by molar-refractivity contribution is 0.0587. The van der Waals surface area contributed by atoms with Crippen molar-refractivity contribution in [2.75, 3.05) is 19.5 Å². The molecule has 1 N–H and O–H groups in total. The summed E-state index contributed by atoms with van der Waals surface area (Å²) >= 11 is 1.34. The predicted octanol–water partition coefficient (Wildman–Crippen LogP) is 3.00. The Morgan fingerprint density at radius 3 is 2.56 bits per heavy atom. The maximum Gasteiger partial charge on any atom is 0.339 e. The van der Waals surface area contributed by atoms with E-state index in [1.807, 2.05) is 12.3 Å². The van der Waals surface area contributed by atoms with Crippen molar-refractivity contribution in [3.63, 3.8) is 0 Å². The molecule has 0 radical (unpaired) electrons. The van der Waals surface area contributed by atoms with Crippen LogP contribution in [0, 0.1) is 18.3 Å². The number of nitrogens with one attached hydrogen (secondary N) is 1. The Bertz CT molecular complexity index is 880. The number of hydrogen-bond donors (Lipinski definition) is 1. The van der Waals surface area contributed by atoms with E-state index in [1.165, 1.54) is 50.0 Å². The Balaban J connectivity index is 2.41. The summed E-state index contributed by atoms with van der Waals surface area (Å²) in [4.78, 5) is 27.8. The summed E-state index contributed by atoms with van der Waals surface area (Å²) in [6.07, 6.45) is 1.43. The molecular weight excluding hydrogens is 342 g/mol. The molecule has 128 valence electrons. The van der Waals surface area contributed by atoms with Crippen LogP contribution in [0.1, 0.15) is 31.4 Å². The van der Waals surface area contributed by atoms with E-state index in [2.05, 4.69) is 21.1 Å². The molecule has 0 saturated heterocycles. The highest BCUT2D eigenvalue weighted by Gasteiger charge is 2.15. The third-order valence-corrected chi connectivity index (χ3v) is 4.18. The van der Waals surface area contributed by atoms with Gasteiger partial charge in [0.2, 0.25) is 0 Å². The van der Waals surface area contributed by atoms with E-state index in [0.29, 0.717) is 16.3 Å². The van der Waals surface area contributed by atoms with Gasteiger partial charge in [0, 0.05) is 17.3 Å². The Labute approximate surface area is 148 Å². The van der Waals surface area contributed by atoms with E-state index in [-0.39, 0.29) is 11.1 Å². The van der Waals surface area contributed by atoms with Gasteiger partial charge in [-0.25, -0.2) is 14.6 Å². The first-order valence-electron chi connectivity index (χ1n) is 7.10. The monoisotopic (exact) mass is 357 g/mol. The van der Waals surface area contributed by atoms with Crippen LogP contribution >= 0.6 is 11.3 Å². The first-order chi connectivity index (χ1) is 12.0. The summed E-state index contributed by atoms with van der Waals surface area (Å²) in [5.41, 5.74) is 1.91. The number of carbonyl (C=O) groups is 2. The number of aromatic nitrogens is 1. The number of nitrogens with zero attached hydrogens (tertiary/aromatic N) is 2. The molecule has 0 bridgehead atoms. The van der Waals surface area contributed by atoms with Crippen LogP contribution in [0.25, 0.3) is 5.57 Å². The predicted molar refractivity (Wildman–Crippen MR) is 93.2 cm³/mol. The molecule has 1 aromatic carbocycles. The van der Waals surface area contributed by atoms with Gasteiger partial charge >= 0.3 is 11.9 Å². The fraction of sp³-hybridized carbons (Fsp3) is 0.176. The molecule has 25 heavy (non-hydrogen) atoms. The van der Waals surface area contributed by atoms with E-state index >= 15 is 0 Å². The number of carbonyl (C=O) groups excluding carboxylic acids is 2. The summed E-state index contributed by atoms with van der Waals surface area (Å²) < 4.78 is 9.41. The SMILES string of the molecule is COC(=O)c1ccc(C(=O)OC)c(N/C=C(\C#N)c2nc(C)cs2)c1. The van der Waals surface area contributed by atoms with Crippen molar-refractivity contribution in [1.29, 1.82) is 5.26 Å². The normalized spacial score (nSPS) is 10.7. The highest BCUT2D eigenvalue weighted by Crippen LogP contribution is 2.22. The number of anilines is 1. The molecule has 1 aromatic heterocycles. The summed E-state index contributed by atoms with van der Waals surface area (Å²) in [5.74, 6) is -1.12. The molecule has 0 amide bonds. The molecule has 0 aliphatic rings. The van der Waals surface area contributed by atoms with Crippen molar-refractivity contribution in [3.8, 4) is 6.07 Å². The number of benzene rings is 1. The molecule has 0 atom stereocenters. The van der Waals surface area contributed by atoms with Gasteiger partial charge in [0.25, 0.3) is 0 Å². The van der Waals surface area contributed by atoms with Crippen molar-refractivity contribution in [2.24, 2.45) is 0 Å². The number of ether oxygens (including phenoxy) is 2. The number of methoxy groups -OCH3 is 2. The minimum absolute atomic E-state index is 0.221. The largest absolute Gasteiger partial charge is 0.465 e. The summed E-state index contributed by atoms with van der Waals surface area (Å²) in [7, 11) is 2.53. The lowest BCUT2D eigenvalue weighted by Crippen LogP contribution is -2.08. The fourth-order valence-corrected chi connectivity index (χ4v) is 2.73. The standard InChI is InChI=1S/C17H15N3O4S/c1-10-9-25-15(20-10)12(7-18)8-19-14-6-11(16(21)23-2)4-5-13(14)17(22)24-3/h4-6,8-9,19H,1-3H3/b12-8+. The van der Waals surface area contributed by atoms with Crippen molar-refractivity contribution in [3.05, 3.63) is 51.6 Å². The van der Waals surface area contributed by atoms with Crippen LogP contribution in [0.15, 0.2) is 29.8 Å². The van der Waals surface area contributed by atoms with Gasteiger partial charge in [0.05, 0.1) is 31.0 Å². The molecule has 0 fully saturated rings. The third kappa shape index (κ3) is 4.22. The van der Waals surface area contributed by atoms with Gasteiger partial charge in [-0.05, 0) is 25.1 Å². The van der Waals surface area contributed by atoms with Crippen LogP contribution in [-0.4, -0.2) is 31.1 Å². The second-order valence-corrected chi connectivity index (χ2v) is 5.71. The van der Waals surface area contributed by atoms with E-state index in [4.69, 9.17) is 4.74 Å². The smallest absolute Gasteiger partial charge is 0.339 e. The molecule has 1 heterocycles. The number of aryl methyl sites for hydroxylation is 1. The Hall–Kier alpha value is -3.18. The van der Waals surface area contributed by atoms with E-state index < -0.39 is 11.9 Å². The zero-order valence-corrected chi connectivity index (χ0v) is 14.6. The van der Waals surface area contributed by atoms with Gasteiger partial charge in [-0.15, -0.1) is 11.3 Å². The molecule has 0 unspecified atom stereocenters. The van der Waals surface area contributed by atoms with Crippen LogP contribution in [0.2, 0.25) is 0 Å². The minimum Gasteiger partial charge on any atom is -0.465 e. The van der Waals surface area contributed by atoms with Crippen LogP contribution in [0.3, 0.4) is 0 Å². The quantitative estimate of drug-likeness (QED) is 0.648. The molecule has 0 spiro atoms. The lowest BCUT2D eigenvalue weighted by atomic mass is 10.1. The number of thiazole rings is 1. The van der Waals surface area contributed by atoms with E-state index in [0.717, 1.165) is 5.69 Å². The second kappa shape index (κ2) is 8.08. The highest BCUT2D eigenvalue weighted by atomic mass is 32.1. The van der Waals surface area contributed by atoms with Crippen molar-refractivity contribution in [1.82, 2.24) is 4.98 Å². The second-order valence-electron chi connectivity index (χ2n) is 4.85. The highest BCUT2D eigenvalue weighted by molar-refractivity contribution is 7.10. The Morgan fingerprint density at radius 2 is 2.00 bits per heavy atom. The third-order valence-electron chi connectivity index (χ3n) is 3.19. The number of nitriles is 1. The van der Waals surface area contributed by atoms with Crippen LogP contribution < -0.4 is 5.32 Å². The number of hydrogen-bond acceptors (Lipinski definition) is 8. The number of allylic oxidation sites excluding steroid dienone is 1. The minimum atomic E-state index is -0.573. The summed E-state index contributed by atoms with van der Waals surface area (Å²) in [5, 5.41) is 14.6. The van der Waals surface area contributed by atoms with Crippen molar-refractivity contribution >= 4 is 34.5 Å².